The molecule has 4 rings (SSSR count). The second kappa shape index (κ2) is 8.71. The Morgan fingerprint density at radius 1 is 1.27 bits per heavy atom. The lowest BCUT2D eigenvalue weighted by molar-refractivity contribution is -0.118. The monoisotopic (exact) mass is 409 g/mol. The Balaban J connectivity index is 1.36. The highest BCUT2D eigenvalue weighted by Crippen LogP contribution is 2.29. The van der Waals surface area contributed by atoms with E-state index in [0.29, 0.717) is 11.5 Å². The van der Waals surface area contributed by atoms with Crippen molar-refractivity contribution in [2.75, 3.05) is 26.7 Å². The zero-order valence-electron chi connectivity index (χ0n) is 17.2. The highest BCUT2D eigenvalue weighted by Gasteiger charge is 2.40. The molecule has 1 fully saturated rings. The lowest BCUT2D eigenvalue weighted by Gasteiger charge is -2.36. The zero-order chi connectivity index (χ0) is 21.1. The summed E-state index contributed by atoms with van der Waals surface area (Å²) in [7, 11) is 1.87. The molecule has 2 aliphatic rings. The second-order valence-electron chi connectivity index (χ2n) is 8.05. The third-order valence-corrected chi connectivity index (χ3v) is 5.82. The van der Waals surface area contributed by atoms with Crippen molar-refractivity contribution in [2.24, 2.45) is 16.9 Å². The maximum atomic E-state index is 12.6. The van der Waals surface area contributed by atoms with Gasteiger partial charge in [-0.25, -0.2) is 0 Å². The number of benzene rings is 1. The number of carbonyl (C=O) groups is 2. The molecule has 2 amide bonds. The quantitative estimate of drug-likeness (QED) is 0.755. The van der Waals surface area contributed by atoms with Gasteiger partial charge in [-0.15, -0.1) is 0 Å². The van der Waals surface area contributed by atoms with Crippen LogP contribution in [0.4, 0.5) is 0 Å². The van der Waals surface area contributed by atoms with Crippen LogP contribution in [0.2, 0.25) is 0 Å². The van der Waals surface area contributed by atoms with E-state index in [2.05, 4.69) is 51.8 Å². The van der Waals surface area contributed by atoms with Crippen LogP contribution >= 0.6 is 0 Å². The molecular weight excluding hydrogens is 382 g/mol. The van der Waals surface area contributed by atoms with Gasteiger partial charge < -0.3 is 15.1 Å². The van der Waals surface area contributed by atoms with Crippen LogP contribution in [0.25, 0.3) is 0 Å². The first kappa shape index (κ1) is 20.2. The Labute approximate surface area is 175 Å². The topological polar surface area (TPSA) is 90.2 Å². The fraction of sp³-hybridized carbons (Fsp3) is 0.409. The van der Waals surface area contributed by atoms with E-state index in [1.807, 2.05) is 18.1 Å². The van der Waals surface area contributed by atoms with Crippen molar-refractivity contribution < 1.29 is 14.0 Å². The van der Waals surface area contributed by atoms with Gasteiger partial charge >= 0.3 is 0 Å². The van der Waals surface area contributed by atoms with Gasteiger partial charge in [0.25, 0.3) is 11.8 Å². The van der Waals surface area contributed by atoms with Crippen molar-refractivity contribution in [3.8, 4) is 0 Å². The number of amides is 2. The molecule has 3 heterocycles. The Morgan fingerprint density at radius 3 is 2.80 bits per heavy atom. The molecule has 8 nitrogen and oxygen atoms in total. The van der Waals surface area contributed by atoms with Gasteiger partial charge in [-0.3, -0.25) is 19.5 Å². The van der Waals surface area contributed by atoms with Crippen molar-refractivity contribution >= 4 is 17.5 Å². The van der Waals surface area contributed by atoms with Gasteiger partial charge in [-0.05, 0) is 17.5 Å². The maximum Gasteiger partial charge on any atom is 0.270 e. The number of carbonyl (C=O) groups excluding carboxylic acids is 2. The molecule has 8 heteroatoms. The van der Waals surface area contributed by atoms with Crippen LogP contribution in [0.5, 0.6) is 0 Å². The number of hydrogen-bond acceptors (Lipinski definition) is 6. The van der Waals surface area contributed by atoms with Crippen molar-refractivity contribution in [3.63, 3.8) is 0 Å². The summed E-state index contributed by atoms with van der Waals surface area (Å²) in [6.45, 7) is 5.07. The molecule has 0 spiro atoms. The lowest BCUT2D eigenvalue weighted by atomic mass is 9.94. The number of hydrazone groups is 1. The average Bonchev–Trinajstić information content (AvgIpc) is 3.39. The third-order valence-electron chi connectivity index (χ3n) is 5.82. The summed E-state index contributed by atoms with van der Waals surface area (Å²) in [5.74, 6) is 0.164. The van der Waals surface area contributed by atoms with Gasteiger partial charge in [0.1, 0.15) is 18.1 Å². The van der Waals surface area contributed by atoms with Gasteiger partial charge in [0.15, 0.2) is 0 Å². The molecule has 1 aromatic carbocycles. The average molecular weight is 409 g/mol. The molecule has 3 atom stereocenters. The summed E-state index contributed by atoms with van der Waals surface area (Å²) in [5.41, 5.74) is 1.99. The number of likely N-dealkylation sites (tertiary alicyclic amines) is 1. The Hall–Kier alpha value is -3.13. The predicted octanol–water partition coefficient (Wildman–Crippen LogP) is 1.52. The molecule has 0 saturated carbocycles. The number of nitrogens with zero attached hydrogens (tertiary/aromatic N) is 3. The fourth-order valence-corrected chi connectivity index (χ4v) is 4.25. The molecule has 1 saturated heterocycles. The Kier molecular flexibility index (Phi) is 5.85. The predicted molar refractivity (Wildman–Crippen MR) is 113 cm³/mol. The molecule has 30 heavy (non-hydrogen) atoms. The molecule has 3 unspecified atom stereocenters. The molecule has 158 valence electrons. The van der Waals surface area contributed by atoms with Crippen LogP contribution in [-0.4, -0.2) is 60.3 Å². The number of nitrogens with one attached hydrogen (secondary N) is 2. The van der Waals surface area contributed by atoms with E-state index in [4.69, 9.17) is 4.42 Å². The molecule has 0 radical (unpaired) electrons. The van der Waals surface area contributed by atoms with Crippen LogP contribution in [0.1, 0.15) is 22.8 Å². The number of rotatable bonds is 6. The van der Waals surface area contributed by atoms with E-state index < -0.39 is 0 Å². The van der Waals surface area contributed by atoms with Gasteiger partial charge in [0.2, 0.25) is 0 Å². The Bertz CT molecular complexity index is 912. The summed E-state index contributed by atoms with van der Waals surface area (Å²) >= 11 is 0. The largest absolute Gasteiger partial charge is 0.472 e. The third kappa shape index (κ3) is 4.38. The highest BCUT2D eigenvalue weighted by molar-refractivity contribution is 6.40. The van der Waals surface area contributed by atoms with Crippen molar-refractivity contribution in [2.45, 2.75) is 19.6 Å². The molecule has 2 N–H and O–H groups in total. The minimum atomic E-state index is -0.301. The van der Waals surface area contributed by atoms with E-state index in [1.165, 1.54) is 18.1 Å². The first-order valence-corrected chi connectivity index (χ1v) is 10.2. The molecule has 2 aromatic rings. The van der Waals surface area contributed by atoms with E-state index in [9.17, 15) is 9.59 Å². The Morgan fingerprint density at radius 2 is 2.07 bits per heavy atom. The summed E-state index contributed by atoms with van der Waals surface area (Å²) in [5, 5.41) is 12.1. The molecule has 1 aromatic heterocycles. The van der Waals surface area contributed by atoms with E-state index in [0.717, 1.165) is 19.6 Å². The first-order chi connectivity index (χ1) is 14.5. The van der Waals surface area contributed by atoms with Crippen LogP contribution in [0, 0.1) is 11.8 Å². The van der Waals surface area contributed by atoms with Crippen molar-refractivity contribution in [3.05, 3.63) is 60.1 Å². The molecule has 2 aliphatic heterocycles. The highest BCUT2D eigenvalue weighted by atomic mass is 16.3. The van der Waals surface area contributed by atoms with Crippen molar-refractivity contribution in [1.29, 1.82) is 0 Å². The minimum Gasteiger partial charge on any atom is -0.472 e. The molecule has 0 aliphatic carbocycles. The lowest BCUT2D eigenvalue weighted by Crippen LogP contribution is -2.58. The fourth-order valence-electron chi connectivity index (χ4n) is 4.25. The van der Waals surface area contributed by atoms with Gasteiger partial charge in [0, 0.05) is 32.6 Å². The van der Waals surface area contributed by atoms with E-state index in [1.54, 1.807) is 6.07 Å². The molecule has 0 bridgehead atoms. The normalized spacial score (nSPS) is 24.5. The summed E-state index contributed by atoms with van der Waals surface area (Å²) in [6, 6.07) is 12.0. The second-order valence-corrected chi connectivity index (χ2v) is 8.05. The maximum absolute atomic E-state index is 12.6. The summed E-state index contributed by atoms with van der Waals surface area (Å²) < 4.78 is 4.91. The van der Waals surface area contributed by atoms with E-state index >= 15 is 0 Å². The summed E-state index contributed by atoms with van der Waals surface area (Å²) in [6.07, 6.45) is 2.63. The first-order valence-electron chi connectivity index (χ1n) is 10.2. The van der Waals surface area contributed by atoms with Gasteiger partial charge in [-0.1, -0.05) is 37.3 Å². The summed E-state index contributed by atoms with van der Waals surface area (Å²) in [4.78, 5) is 27.1. The number of furan rings is 1. The van der Waals surface area contributed by atoms with Gasteiger partial charge in [0.05, 0.1) is 18.4 Å². The van der Waals surface area contributed by atoms with Crippen molar-refractivity contribution in [1.82, 2.24) is 20.5 Å². The smallest absolute Gasteiger partial charge is 0.270 e. The van der Waals surface area contributed by atoms with Gasteiger partial charge in [-0.2, -0.15) is 5.10 Å². The van der Waals surface area contributed by atoms with Crippen LogP contribution in [-0.2, 0) is 11.3 Å². The van der Waals surface area contributed by atoms with Crippen LogP contribution < -0.4 is 10.6 Å². The van der Waals surface area contributed by atoms with Crippen LogP contribution in [0.15, 0.2) is 58.4 Å². The molecular formula is C22H27N5O3. The zero-order valence-corrected chi connectivity index (χ0v) is 17.2. The minimum absolute atomic E-state index is 0.0628. The van der Waals surface area contributed by atoms with Crippen LogP contribution in [0.3, 0.4) is 0 Å². The standard InChI is InChI=1S/C22H27N5O3/c1-15-11-27(12-16-6-4-3-5-7-16)13-18(15)20-24-22(29)19(25-26(20)2)10-23-21(28)17-8-9-30-14-17/h3-9,14-15,18,20H,10-13H2,1-2H3,(H,23,28)(H,24,29). The SMILES string of the molecule is CC1CN(Cc2ccccc2)CC1C1NC(=O)C(CNC(=O)c2ccoc2)=NN1C. The van der Waals surface area contributed by atoms with E-state index in [-0.39, 0.29) is 36.2 Å². The number of hydrogen-bond donors (Lipinski definition) is 2.